The zero-order chi connectivity index (χ0) is 28.8. The lowest BCUT2D eigenvalue weighted by atomic mass is 10.0. The van der Waals surface area contributed by atoms with Gasteiger partial charge in [-0.25, -0.2) is 4.31 Å². The highest BCUT2D eigenvalue weighted by Crippen LogP contribution is 2.26. The smallest absolute Gasteiger partial charge is 0.281 e. The molecule has 0 aliphatic heterocycles. The number of nitrogens with zero attached hydrogens (tertiary/aromatic N) is 1. The molecule has 2 heterocycles. The van der Waals surface area contributed by atoms with Crippen molar-refractivity contribution in [3.8, 4) is 12.0 Å². The molecule has 0 aliphatic carbocycles. The van der Waals surface area contributed by atoms with Crippen LogP contribution in [0.3, 0.4) is 0 Å². The highest BCUT2D eigenvalue weighted by atomic mass is 32.2. The number of hydrogen-bond donors (Lipinski definition) is 2. The van der Waals surface area contributed by atoms with Crippen molar-refractivity contribution in [1.29, 1.82) is 0 Å². The van der Waals surface area contributed by atoms with Crippen molar-refractivity contribution in [2.24, 2.45) is 0 Å². The number of H-pyrrole nitrogens is 1. The quantitative estimate of drug-likeness (QED) is 0.164. The molecule has 8 heteroatoms. The van der Waals surface area contributed by atoms with E-state index in [1.54, 1.807) is 17.5 Å². The maximum atomic E-state index is 14.0. The summed E-state index contributed by atoms with van der Waals surface area (Å²) in [6.45, 7) is 4.33. The zero-order valence-electron chi connectivity index (χ0n) is 22.9. The molecule has 5 rings (SSSR count). The SMILES string of the molecule is Cc1cccc(C#CN(C(Cc2c[nH]c3ccccc23)C(=O)NCC(C)c2ccccc2)S(=O)(=O)c2cccs2)c1. The number of nitrogens with one attached hydrogen (secondary N) is 2. The number of fused-ring (bicyclic) bond motifs is 1. The lowest BCUT2D eigenvalue weighted by molar-refractivity contribution is -0.124. The van der Waals surface area contributed by atoms with Crippen molar-refractivity contribution < 1.29 is 13.2 Å². The topological polar surface area (TPSA) is 82.3 Å². The molecular weight excluding hydrogens is 551 g/mol. The molecule has 3 aromatic carbocycles. The van der Waals surface area contributed by atoms with Crippen LogP contribution in [-0.4, -0.2) is 36.2 Å². The standard InChI is InChI=1S/C33H31N3O3S2/c1-24-10-8-11-26(20-24)17-18-36(41(38,39)32-16-9-19-40-32)31(21-28-23-34-30-15-7-6-14-29(28)30)33(37)35-22-25(2)27-12-4-3-5-13-27/h3-16,19-20,23,25,31,34H,21-22H2,1-2H3,(H,35,37). The number of hydrogen-bond acceptors (Lipinski definition) is 4. The van der Waals surface area contributed by atoms with E-state index in [1.807, 2.05) is 98.9 Å². The first-order valence-electron chi connectivity index (χ1n) is 13.4. The molecule has 0 saturated carbocycles. The molecule has 0 spiro atoms. The maximum Gasteiger partial charge on any atom is 0.281 e. The van der Waals surface area contributed by atoms with Gasteiger partial charge in [0.2, 0.25) is 5.91 Å². The van der Waals surface area contributed by atoms with Crippen LogP contribution in [0.2, 0.25) is 0 Å². The van der Waals surface area contributed by atoms with Crippen molar-refractivity contribution in [2.45, 2.75) is 36.4 Å². The summed E-state index contributed by atoms with van der Waals surface area (Å²) in [7, 11) is -4.12. The molecule has 0 saturated heterocycles. The molecule has 0 bridgehead atoms. The van der Waals surface area contributed by atoms with Crippen LogP contribution in [0, 0.1) is 18.9 Å². The molecule has 2 unspecified atom stereocenters. The van der Waals surface area contributed by atoms with Gasteiger partial charge in [-0.05, 0) is 65.1 Å². The Morgan fingerprint density at radius 3 is 2.54 bits per heavy atom. The van der Waals surface area contributed by atoms with Gasteiger partial charge in [-0.15, -0.1) is 11.3 Å². The van der Waals surface area contributed by atoms with Gasteiger partial charge in [0, 0.05) is 41.7 Å². The molecule has 2 N–H and O–H groups in total. The van der Waals surface area contributed by atoms with E-state index in [4.69, 9.17) is 0 Å². The van der Waals surface area contributed by atoms with Crippen molar-refractivity contribution in [2.75, 3.05) is 6.54 Å². The monoisotopic (exact) mass is 581 g/mol. The van der Waals surface area contributed by atoms with Crippen molar-refractivity contribution in [1.82, 2.24) is 14.6 Å². The minimum absolute atomic E-state index is 0.0367. The zero-order valence-corrected chi connectivity index (χ0v) is 24.5. The number of carbonyl (C=O) groups excluding carboxylic acids is 1. The molecule has 0 radical (unpaired) electrons. The number of sulfonamides is 1. The third kappa shape index (κ3) is 6.54. The number of carbonyl (C=O) groups is 1. The van der Waals surface area contributed by atoms with E-state index >= 15 is 0 Å². The number of para-hydroxylation sites is 1. The predicted octanol–water partition coefficient (Wildman–Crippen LogP) is 6.07. The highest BCUT2D eigenvalue weighted by Gasteiger charge is 2.36. The van der Waals surface area contributed by atoms with Crippen LogP contribution >= 0.6 is 11.3 Å². The molecule has 41 heavy (non-hydrogen) atoms. The van der Waals surface area contributed by atoms with Crippen LogP contribution in [0.15, 0.2) is 107 Å². The van der Waals surface area contributed by atoms with Gasteiger partial charge in [-0.1, -0.05) is 73.7 Å². The normalized spacial score (nSPS) is 12.7. The Kier molecular flexibility index (Phi) is 8.58. The Hall–Kier alpha value is -4.32. The summed E-state index contributed by atoms with van der Waals surface area (Å²) in [6.07, 6.45) is 1.98. The van der Waals surface area contributed by atoms with E-state index in [0.717, 1.165) is 43.2 Å². The first-order chi connectivity index (χ1) is 19.8. The minimum Gasteiger partial charge on any atom is -0.361 e. The van der Waals surface area contributed by atoms with E-state index in [0.29, 0.717) is 12.1 Å². The second kappa shape index (κ2) is 12.5. The van der Waals surface area contributed by atoms with Crippen molar-refractivity contribution in [3.05, 3.63) is 125 Å². The molecule has 208 valence electrons. The number of aryl methyl sites for hydroxylation is 1. The molecule has 0 aliphatic rings. The minimum atomic E-state index is -4.12. The van der Waals surface area contributed by atoms with Gasteiger partial charge in [0.05, 0.1) is 0 Å². The third-order valence-corrected chi connectivity index (χ3v) is 10.1. The highest BCUT2D eigenvalue weighted by molar-refractivity contribution is 7.91. The lowest BCUT2D eigenvalue weighted by Crippen LogP contribution is -2.49. The third-order valence-electron chi connectivity index (χ3n) is 6.96. The van der Waals surface area contributed by atoms with E-state index in [9.17, 15) is 13.2 Å². The van der Waals surface area contributed by atoms with E-state index in [2.05, 4.69) is 22.3 Å². The van der Waals surface area contributed by atoms with Crippen LogP contribution < -0.4 is 5.32 Å². The Bertz CT molecular complexity index is 1800. The van der Waals surface area contributed by atoms with Gasteiger partial charge in [0.15, 0.2) is 0 Å². The molecule has 5 aromatic rings. The molecular formula is C33H31N3O3S2. The van der Waals surface area contributed by atoms with Gasteiger partial charge >= 0.3 is 0 Å². The van der Waals surface area contributed by atoms with Crippen molar-refractivity contribution in [3.63, 3.8) is 0 Å². The Labute approximate surface area is 245 Å². The van der Waals surface area contributed by atoms with E-state index in [1.165, 1.54) is 0 Å². The van der Waals surface area contributed by atoms with Gasteiger partial charge in [0.25, 0.3) is 10.0 Å². The van der Waals surface area contributed by atoms with Crippen LogP contribution in [0.25, 0.3) is 10.9 Å². The summed E-state index contributed by atoms with van der Waals surface area (Å²) in [5, 5.41) is 5.66. The molecule has 2 aromatic heterocycles. The van der Waals surface area contributed by atoms with Crippen LogP contribution in [0.4, 0.5) is 0 Å². The number of thiophene rings is 1. The average Bonchev–Trinajstić information content (AvgIpc) is 3.67. The number of aromatic nitrogens is 1. The maximum absolute atomic E-state index is 14.0. The van der Waals surface area contributed by atoms with Crippen molar-refractivity contribution >= 4 is 38.2 Å². The fourth-order valence-corrected chi connectivity index (χ4v) is 7.17. The molecule has 6 nitrogen and oxygen atoms in total. The summed E-state index contributed by atoms with van der Waals surface area (Å²) in [5.74, 6) is 2.64. The number of benzene rings is 3. The Morgan fingerprint density at radius 1 is 1.00 bits per heavy atom. The van der Waals surface area contributed by atoms with Gasteiger partial charge in [-0.2, -0.15) is 8.42 Å². The fourth-order valence-electron chi connectivity index (χ4n) is 4.72. The summed E-state index contributed by atoms with van der Waals surface area (Å²) in [4.78, 5) is 17.2. The summed E-state index contributed by atoms with van der Waals surface area (Å²) in [5.41, 5.74) is 4.51. The van der Waals surface area contributed by atoms with E-state index < -0.39 is 22.0 Å². The lowest BCUT2D eigenvalue weighted by Gasteiger charge is -2.27. The second-order valence-corrected chi connectivity index (χ2v) is 13.0. The van der Waals surface area contributed by atoms with Gasteiger partial charge in [-0.3, -0.25) is 4.79 Å². The molecule has 1 amide bonds. The van der Waals surface area contributed by atoms with E-state index in [-0.39, 0.29) is 16.5 Å². The summed E-state index contributed by atoms with van der Waals surface area (Å²) < 4.78 is 29.2. The number of aromatic amines is 1. The Balaban J connectivity index is 1.55. The summed E-state index contributed by atoms with van der Waals surface area (Å²) in [6, 6.07) is 30.2. The molecule has 0 fully saturated rings. The van der Waals surface area contributed by atoms with Crippen LogP contribution in [0.5, 0.6) is 0 Å². The summed E-state index contributed by atoms with van der Waals surface area (Å²) >= 11 is 1.10. The van der Waals surface area contributed by atoms with Gasteiger partial charge < -0.3 is 10.3 Å². The second-order valence-electron chi connectivity index (χ2n) is 9.98. The fraction of sp³-hybridized carbons (Fsp3) is 0.182. The largest absolute Gasteiger partial charge is 0.361 e. The Morgan fingerprint density at radius 2 is 1.78 bits per heavy atom. The van der Waals surface area contributed by atoms with Gasteiger partial charge in [0.1, 0.15) is 10.3 Å². The number of rotatable bonds is 9. The van der Waals surface area contributed by atoms with Crippen LogP contribution in [-0.2, 0) is 21.2 Å². The first kappa shape index (κ1) is 28.2. The van der Waals surface area contributed by atoms with Crippen LogP contribution in [0.1, 0.15) is 35.1 Å². The number of amides is 1. The predicted molar refractivity (Wildman–Crippen MR) is 165 cm³/mol. The molecule has 2 atom stereocenters. The first-order valence-corrected chi connectivity index (χ1v) is 15.7. The average molecular weight is 582 g/mol.